The maximum absolute atomic E-state index is 10.9. The fraction of sp³-hybridized carbons (Fsp3) is 0.357. The van der Waals surface area contributed by atoms with E-state index in [2.05, 4.69) is 6.58 Å². The molecule has 0 spiro atoms. The van der Waals surface area contributed by atoms with E-state index in [1.54, 1.807) is 12.1 Å². The molecule has 1 atom stereocenters. The van der Waals surface area contributed by atoms with Crippen LogP contribution in [0, 0.1) is 0 Å². The van der Waals surface area contributed by atoms with Crippen LogP contribution in [0.25, 0.3) is 0 Å². The average molecular weight is 232 g/mol. The molecular formula is C14H16O3. The van der Waals surface area contributed by atoms with E-state index in [1.165, 1.54) is 6.92 Å². The zero-order valence-electron chi connectivity index (χ0n) is 10.4. The van der Waals surface area contributed by atoms with Crippen LogP contribution in [0.4, 0.5) is 0 Å². The van der Waals surface area contributed by atoms with Crippen LogP contribution in [-0.2, 0) is 11.2 Å². The lowest BCUT2D eigenvalue weighted by Gasteiger charge is -2.24. The number of benzene rings is 1. The Morgan fingerprint density at radius 1 is 1.47 bits per heavy atom. The Morgan fingerprint density at radius 3 is 2.76 bits per heavy atom. The van der Waals surface area contributed by atoms with Crippen molar-refractivity contribution in [1.29, 1.82) is 0 Å². The standard InChI is InChI=1S/C14H16O3/c1-9(2)14(4)8-11-5-6-12(16-10(3)15)7-13(11)17-14/h5-7H,1,8H2,2-4H3. The van der Waals surface area contributed by atoms with E-state index in [0.29, 0.717) is 5.75 Å². The van der Waals surface area contributed by atoms with Crippen molar-refractivity contribution in [3.05, 3.63) is 35.9 Å². The van der Waals surface area contributed by atoms with Gasteiger partial charge in [-0.3, -0.25) is 4.79 Å². The van der Waals surface area contributed by atoms with Crippen molar-refractivity contribution in [3.8, 4) is 11.5 Å². The molecule has 1 aliphatic rings. The van der Waals surface area contributed by atoms with Gasteiger partial charge in [0.1, 0.15) is 17.1 Å². The van der Waals surface area contributed by atoms with E-state index >= 15 is 0 Å². The minimum absolute atomic E-state index is 0.328. The summed E-state index contributed by atoms with van der Waals surface area (Å²) in [6, 6.07) is 5.47. The summed E-state index contributed by atoms with van der Waals surface area (Å²) in [5, 5.41) is 0. The second kappa shape index (κ2) is 3.91. The molecule has 0 saturated heterocycles. The summed E-state index contributed by atoms with van der Waals surface area (Å²) < 4.78 is 10.9. The van der Waals surface area contributed by atoms with E-state index in [0.717, 1.165) is 23.3 Å². The lowest BCUT2D eigenvalue weighted by Crippen LogP contribution is -2.30. The van der Waals surface area contributed by atoms with E-state index in [9.17, 15) is 4.79 Å². The predicted molar refractivity (Wildman–Crippen MR) is 65.3 cm³/mol. The monoisotopic (exact) mass is 232 g/mol. The number of fused-ring (bicyclic) bond motifs is 1. The molecule has 0 saturated carbocycles. The zero-order chi connectivity index (χ0) is 12.6. The van der Waals surface area contributed by atoms with Crippen molar-refractivity contribution < 1.29 is 14.3 Å². The van der Waals surface area contributed by atoms with Gasteiger partial charge in [0.2, 0.25) is 0 Å². The number of carbonyl (C=O) groups excluding carboxylic acids is 1. The third-order valence-corrected chi connectivity index (χ3v) is 3.07. The zero-order valence-corrected chi connectivity index (χ0v) is 10.4. The Hall–Kier alpha value is -1.77. The summed E-state index contributed by atoms with van der Waals surface area (Å²) in [6.45, 7) is 9.31. The maximum atomic E-state index is 10.9. The van der Waals surface area contributed by atoms with Gasteiger partial charge in [0.15, 0.2) is 0 Å². The molecule has 0 aliphatic carbocycles. The summed E-state index contributed by atoms with van der Waals surface area (Å²) in [5.41, 5.74) is 1.76. The van der Waals surface area contributed by atoms with Crippen LogP contribution >= 0.6 is 0 Å². The van der Waals surface area contributed by atoms with Gasteiger partial charge in [0, 0.05) is 19.4 Å². The quantitative estimate of drug-likeness (QED) is 0.447. The number of hydrogen-bond donors (Lipinski definition) is 0. The molecule has 1 heterocycles. The van der Waals surface area contributed by atoms with Crippen molar-refractivity contribution in [3.63, 3.8) is 0 Å². The summed E-state index contributed by atoms with van der Waals surface area (Å²) in [4.78, 5) is 10.9. The first-order valence-corrected chi connectivity index (χ1v) is 5.57. The molecular weight excluding hydrogens is 216 g/mol. The topological polar surface area (TPSA) is 35.5 Å². The molecule has 1 aliphatic heterocycles. The van der Waals surface area contributed by atoms with Gasteiger partial charge in [-0.1, -0.05) is 12.6 Å². The molecule has 90 valence electrons. The molecule has 0 aromatic heterocycles. The summed E-state index contributed by atoms with van der Waals surface area (Å²) in [5.74, 6) is 0.960. The van der Waals surface area contributed by atoms with Crippen molar-refractivity contribution in [2.75, 3.05) is 0 Å². The molecule has 3 heteroatoms. The smallest absolute Gasteiger partial charge is 0.308 e. The fourth-order valence-corrected chi connectivity index (χ4v) is 1.89. The largest absolute Gasteiger partial charge is 0.482 e. The van der Waals surface area contributed by atoms with Crippen LogP contribution in [0.5, 0.6) is 11.5 Å². The first-order chi connectivity index (χ1) is 7.90. The van der Waals surface area contributed by atoms with Crippen molar-refractivity contribution in [2.24, 2.45) is 0 Å². The van der Waals surface area contributed by atoms with Gasteiger partial charge in [0.25, 0.3) is 0 Å². The highest BCUT2D eigenvalue weighted by atomic mass is 16.5. The highest BCUT2D eigenvalue weighted by Crippen LogP contribution is 2.40. The SMILES string of the molecule is C=C(C)C1(C)Cc2ccc(OC(C)=O)cc2O1. The second-order valence-electron chi connectivity index (χ2n) is 4.65. The molecule has 3 nitrogen and oxygen atoms in total. The van der Waals surface area contributed by atoms with Crippen molar-refractivity contribution in [1.82, 2.24) is 0 Å². The van der Waals surface area contributed by atoms with Crippen molar-refractivity contribution in [2.45, 2.75) is 32.8 Å². The van der Waals surface area contributed by atoms with Gasteiger partial charge >= 0.3 is 5.97 Å². The molecule has 1 aromatic carbocycles. The summed E-state index contributed by atoms with van der Waals surface area (Å²) >= 11 is 0. The Morgan fingerprint density at radius 2 is 2.18 bits per heavy atom. The van der Waals surface area contributed by atoms with Gasteiger partial charge < -0.3 is 9.47 Å². The lowest BCUT2D eigenvalue weighted by atomic mass is 9.93. The summed E-state index contributed by atoms with van der Waals surface area (Å²) in [7, 11) is 0. The van der Waals surface area contributed by atoms with Crippen LogP contribution in [-0.4, -0.2) is 11.6 Å². The van der Waals surface area contributed by atoms with E-state index in [1.807, 2.05) is 19.9 Å². The first kappa shape index (κ1) is 11.7. The van der Waals surface area contributed by atoms with Crippen LogP contribution in [0.2, 0.25) is 0 Å². The van der Waals surface area contributed by atoms with Gasteiger partial charge in [-0.05, 0) is 31.1 Å². The van der Waals surface area contributed by atoms with Gasteiger partial charge in [0.05, 0.1) is 0 Å². The van der Waals surface area contributed by atoms with Gasteiger partial charge in [-0.15, -0.1) is 0 Å². The predicted octanol–water partition coefficient (Wildman–Crippen LogP) is 2.88. The minimum atomic E-state index is -0.350. The van der Waals surface area contributed by atoms with E-state index < -0.39 is 0 Å². The number of hydrogen-bond acceptors (Lipinski definition) is 3. The van der Waals surface area contributed by atoms with Crippen LogP contribution in [0.3, 0.4) is 0 Å². The van der Waals surface area contributed by atoms with Crippen LogP contribution in [0.15, 0.2) is 30.4 Å². The Bertz CT molecular complexity index is 490. The normalized spacial score (nSPS) is 21.6. The molecule has 17 heavy (non-hydrogen) atoms. The van der Waals surface area contributed by atoms with E-state index in [4.69, 9.17) is 9.47 Å². The number of carbonyl (C=O) groups is 1. The molecule has 2 rings (SSSR count). The van der Waals surface area contributed by atoms with Crippen molar-refractivity contribution >= 4 is 5.97 Å². The maximum Gasteiger partial charge on any atom is 0.308 e. The Kier molecular flexibility index (Phi) is 2.69. The molecule has 0 N–H and O–H groups in total. The Balaban J connectivity index is 2.28. The molecule has 0 amide bonds. The molecule has 0 fully saturated rings. The van der Waals surface area contributed by atoms with Crippen LogP contribution < -0.4 is 9.47 Å². The minimum Gasteiger partial charge on any atom is -0.482 e. The number of rotatable bonds is 2. The molecule has 1 unspecified atom stereocenters. The molecule has 0 radical (unpaired) electrons. The third kappa shape index (κ3) is 2.18. The lowest BCUT2D eigenvalue weighted by molar-refractivity contribution is -0.131. The number of ether oxygens (including phenoxy) is 2. The highest BCUT2D eigenvalue weighted by molar-refractivity contribution is 5.69. The third-order valence-electron chi connectivity index (χ3n) is 3.07. The first-order valence-electron chi connectivity index (χ1n) is 5.57. The van der Waals surface area contributed by atoms with Gasteiger partial charge in [-0.25, -0.2) is 0 Å². The number of esters is 1. The average Bonchev–Trinajstić information content (AvgIpc) is 2.54. The fourth-order valence-electron chi connectivity index (χ4n) is 1.89. The molecule has 1 aromatic rings. The highest BCUT2D eigenvalue weighted by Gasteiger charge is 2.35. The van der Waals surface area contributed by atoms with Gasteiger partial charge in [-0.2, -0.15) is 0 Å². The summed E-state index contributed by atoms with van der Waals surface area (Å²) in [6.07, 6.45) is 0.804. The van der Waals surface area contributed by atoms with Crippen LogP contribution in [0.1, 0.15) is 26.3 Å². The second-order valence-corrected chi connectivity index (χ2v) is 4.65. The Labute approximate surface area is 101 Å². The molecule has 0 bridgehead atoms. The van der Waals surface area contributed by atoms with E-state index in [-0.39, 0.29) is 11.6 Å².